The van der Waals surface area contributed by atoms with E-state index in [1.165, 1.54) is 7.11 Å². The zero-order valence-corrected chi connectivity index (χ0v) is 16.7. The molecule has 1 unspecified atom stereocenters. The number of carbonyl (C=O) groups is 2. The maximum absolute atomic E-state index is 12.2. The Kier molecular flexibility index (Phi) is 7.72. The van der Waals surface area contributed by atoms with Crippen LogP contribution in [0.15, 0.2) is 24.3 Å². The van der Waals surface area contributed by atoms with E-state index in [1.54, 1.807) is 24.3 Å². The van der Waals surface area contributed by atoms with Gasteiger partial charge in [0.2, 0.25) is 0 Å². The molecule has 1 rings (SSSR count). The van der Waals surface area contributed by atoms with Crippen LogP contribution in [0.25, 0.3) is 0 Å². The van der Waals surface area contributed by atoms with Crippen molar-refractivity contribution in [2.24, 2.45) is 0 Å². The summed E-state index contributed by atoms with van der Waals surface area (Å²) >= 11 is -1.85. The molecule has 0 saturated carbocycles. The second-order valence-corrected chi connectivity index (χ2v) is 8.16. The van der Waals surface area contributed by atoms with E-state index in [0.717, 1.165) is 0 Å². The molecule has 0 amide bonds. The van der Waals surface area contributed by atoms with E-state index >= 15 is 0 Å². The first kappa shape index (κ1) is 17.1. The molecule has 0 bridgehead atoms. The molecular weight excluding hydrogens is 453 g/mol. The van der Waals surface area contributed by atoms with Crippen molar-refractivity contribution < 1.29 is 52.2 Å². The zero-order valence-electron chi connectivity index (χ0n) is 11.2. The van der Waals surface area contributed by atoms with E-state index in [9.17, 15) is 9.59 Å². The molecule has 2 N–H and O–H groups in total. The maximum atomic E-state index is 12.2. The number of aliphatic carboxylic acids is 1. The number of benzene rings is 1. The zero-order chi connectivity index (χ0) is 15.0. The monoisotopic (exact) mass is 470 g/mol. The van der Waals surface area contributed by atoms with Gasteiger partial charge >= 0.3 is 130 Å². The third-order valence-electron chi connectivity index (χ3n) is 2.74. The van der Waals surface area contributed by atoms with Crippen LogP contribution in [0.3, 0.4) is 0 Å². The van der Waals surface area contributed by atoms with Crippen LogP contribution in [0.2, 0.25) is 3.93 Å². The number of rotatable bonds is 9. The second-order valence-electron chi connectivity index (χ2n) is 4.18. The van der Waals surface area contributed by atoms with Gasteiger partial charge in [-0.1, -0.05) is 0 Å². The Morgan fingerprint density at radius 1 is 1.35 bits per heavy atom. The number of carbonyl (C=O) groups excluding carboxylic acids is 1. The first-order valence-electron chi connectivity index (χ1n) is 6.19. The summed E-state index contributed by atoms with van der Waals surface area (Å²) in [5, 5.41) is 8.61. The number of para-hydroxylation sites is 1. The van der Waals surface area contributed by atoms with Crippen molar-refractivity contribution in [2.45, 2.75) is 16.5 Å². The summed E-state index contributed by atoms with van der Waals surface area (Å²) in [4.78, 5) is 22.7. The van der Waals surface area contributed by atoms with E-state index in [4.69, 9.17) is 17.6 Å². The molecule has 7 heteroatoms. The molecule has 0 aliphatic heterocycles. The quantitative estimate of drug-likeness (QED) is 0.417. The average molecular weight is 469 g/mol. The van der Waals surface area contributed by atoms with Gasteiger partial charge in [-0.05, 0) is 0 Å². The molecule has 6 nitrogen and oxygen atoms in total. The summed E-state index contributed by atoms with van der Waals surface area (Å²) in [6.07, 6.45) is -0.119. The van der Waals surface area contributed by atoms with Crippen LogP contribution in [0.1, 0.15) is 16.8 Å². The number of carboxylic acids is 1. The number of ether oxygens (including phenoxy) is 2. The molecule has 0 saturated heterocycles. The molecule has 0 radical (unpaired) electrons. The van der Waals surface area contributed by atoms with Crippen LogP contribution in [0.4, 0.5) is 0 Å². The van der Waals surface area contributed by atoms with Gasteiger partial charge < -0.3 is 0 Å². The Morgan fingerprint density at radius 2 is 2.05 bits per heavy atom. The Bertz CT molecular complexity index is 462. The number of methoxy groups -OCH3 is 1. The number of ketones is 1. The minimum absolute atomic E-state index is 0.157. The SMILES string of the molecule is COC([CH2][Hg][OH])CC(=O)c1ccccc1OCC(=O)O. The van der Waals surface area contributed by atoms with Crippen molar-refractivity contribution in [3.8, 4) is 5.75 Å². The van der Waals surface area contributed by atoms with Crippen LogP contribution >= 0.6 is 0 Å². The standard InChI is InChI=1S/C13H15O5.Hg.H2O/c1-9(17-2)7-11(14)10-5-3-4-6-12(10)18-8-13(15)16;;/h3-6,9H,1,7-8H2,2H3,(H,15,16);;1H2/q;+1;/p-1. The van der Waals surface area contributed by atoms with Gasteiger partial charge in [0.25, 0.3) is 0 Å². The first-order chi connectivity index (χ1) is 9.58. The van der Waals surface area contributed by atoms with Crippen molar-refractivity contribution in [3.63, 3.8) is 0 Å². The summed E-state index contributed by atoms with van der Waals surface area (Å²) in [7, 11) is 1.51. The van der Waals surface area contributed by atoms with E-state index in [2.05, 4.69) is 0 Å². The van der Waals surface area contributed by atoms with E-state index < -0.39 is 37.6 Å². The molecule has 0 fully saturated rings. The number of hydrogen-bond acceptors (Lipinski definition) is 5. The molecule has 0 aliphatic rings. The average Bonchev–Trinajstić information content (AvgIpc) is 2.44. The minimum atomic E-state index is -1.85. The van der Waals surface area contributed by atoms with Gasteiger partial charge in [0.1, 0.15) is 0 Å². The van der Waals surface area contributed by atoms with Crippen LogP contribution in [-0.2, 0) is 34.6 Å². The number of Topliss-reactive ketones (excluding diaryl/α,β-unsaturated/α-hetero) is 1. The van der Waals surface area contributed by atoms with Crippen LogP contribution in [0, 0.1) is 0 Å². The van der Waals surface area contributed by atoms with Gasteiger partial charge in [0.05, 0.1) is 0 Å². The molecule has 0 aliphatic carbocycles. The Hall–Kier alpha value is -0.985. The van der Waals surface area contributed by atoms with Gasteiger partial charge in [0, 0.05) is 0 Å². The molecular formula is C13H16HgO6. The summed E-state index contributed by atoms with van der Waals surface area (Å²) in [5.74, 6) is -1.03. The summed E-state index contributed by atoms with van der Waals surface area (Å²) < 4.78 is 19.9. The van der Waals surface area contributed by atoms with Crippen molar-refractivity contribution in [1.29, 1.82) is 0 Å². The third kappa shape index (κ3) is 5.56. The van der Waals surface area contributed by atoms with E-state index in [1.807, 2.05) is 0 Å². The van der Waals surface area contributed by atoms with Gasteiger partial charge in [-0.15, -0.1) is 0 Å². The van der Waals surface area contributed by atoms with Gasteiger partial charge in [-0.2, -0.15) is 0 Å². The van der Waals surface area contributed by atoms with Crippen LogP contribution in [0.5, 0.6) is 5.75 Å². The molecule has 1 atom stereocenters. The molecule has 0 heterocycles. The normalized spacial score (nSPS) is 11.5. The van der Waals surface area contributed by atoms with Crippen molar-refractivity contribution in [3.05, 3.63) is 29.8 Å². The molecule has 20 heavy (non-hydrogen) atoms. The van der Waals surface area contributed by atoms with Crippen molar-refractivity contribution in [1.82, 2.24) is 0 Å². The molecule has 0 spiro atoms. The van der Waals surface area contributed by atoms with E-state index in [-0.39, 0.29) is 24.1 Å². The summed E-state index contributed by atoms with van der Waals surface area (Å²) in [6, 6.07) is 6.51. The fourth-order valence-corrected chi connectivity index (χ4v) is 4.56. The van der Waals surface area contributed by atoms with Gasteiger partial charge in [0.15, 0.2) is 0 Å². The molecule has 1 aromatic rings. The fourth-order valence-electron chi connectivity index (χ4n) is 1.73. The number of hydrogen-bond donors (Lipinski definition) is 2. The third-order valence-corrected chi connectivity index (χ3v) is 6.24. The van der Waals surface area contributed by atoms with Crippen molar-refractivity contribution in [2.75, 3.05) is 13.7 Å². The Balaban J connectivity index is 2.78. The Labute approximate surface area is 129 Å². The summed E-state index contributed by atoms with van der Waals surface area (Å²) in [5.41, 5.74) is 0.338. The molecule has 106 valence electrons. The molecule has 1 aromatic carbocycles. The summed E-state index contributed by atoms with van der Waals surface area (Å²) in [6.45, 7) is -0.494. The fraction of sp³-hybridized carbons (Fsp3) is 0.385. The number of carboxylic acid groups (broad SMARTS) is 1. The Morgan fingerprint density at radius 3 is 2.65 bits per heavy atom. The van der Waals surface area contributed by atoms with E-state index in [0.29, 0.717) is 9.49 Å². The predicted molar refractivity (Wildman–Crippen MR) is 66.3 cm³/mol. The predicted octanol–water partition coefficient (Wildman–Crippen LogP) is 1.15. The second kappa shape index (κ2) is 9.04. The molecule has 0 aromatic heterocycles. The van der Waals surface area contributed by atoms with Gasteiger partial charge in [-0.3, -0.25) is 0 Å². The first-order valence-corrected chi connectivity index (χ1v) is 12.5. The van der Waals surface area contributed by atoms with Gasteiger partial charge in [-0.25, -0.2) is 0 Å². The topological polar surface area (TPSA) is 93.1 Å². The van der Waals surface area contributed by atoms with Crippen LogP contribution < -0.4 is 4.74 Å². The van der Waals surface area contributed by atoms with Crippen molar-refractivity contribution >= 4 is 11.8 Å². The van der Waals surface area contributed by atoms with Crippen LogP contribution in [-0.4, -0.2) is 39.7 Å².